The van der Waals surface area contributed by atoms with E-state index in [4.69, 9.17) is 16.3 Å². The Morgan fingerprint density at radius 1 is 1.20 bits per heavy atom. The van der Waals surface area contributed by atoms with Gasteiger partial charge in [0.25, 0.3) is 0 Å². The highest BCUT2D eigenvalue weighted by Gasteiger charge is 2.11. The van der Waals surface area contributed by atoms with E-state index in [2.05, 4.69) is 0 Å². The number of rotatable bonds is 5. The third-order valence-corrected chi connectivity index (χ3v) is 3.29. The molecule has 0 aliphatic carbocycles. The van der Waals surface area contributed by atoms with Crippen LogP contribution in [0.25, 0.3) is 0 Å². The number of ether oxygens (including phenoxy) is 1. The van der Waals surface area contributed by atoms with Gasteiger partial charge in [-0.25, -0.2) is 4.39 Å². The molecule has 0 spiro atoms. The van der Waals surface area contributed by atoms with E-state index in [0.717, 1.165) is 11.1 Å². The van der Waals surface area contributed by atoms with E-state index in [1.54, 1.807) is 37.4 Å². The van der Waals surface area contributed by atoms with Crippen molar-refractivity contribution in [2.24, 2.45) is 0 Å². The molecule has 20 heavy (non-hydrogen) atoms. The zero-order valence-electron chi connectivity index (χ0n) is 11.1. The minimum absolute atomic E-state index is 0.296. The molecule has 1 unspecified atom stereocenters. The van der Waals surface area contributed by atoms with E-state index in [9.17, 15) is 9.50 Å². The second-order valence-corrected chi connectivity index (χ2v) is 5.08. The fourth-order valence-electron chi connectivity index (χ4n) is 2.17. The van der Waals surface area contributed by atoms with Gasteiger partial charge < -0.3 is 9.84 Å². The van der Waals surface area contributed by atoms with Crippen LogP contribution in [-0.4, -0.2) is 18.3 Å². The highest BCUT2D eigenvalue weighted by Crippen LogP contribution is 2.24. The summed E-state index contributed by atoms with van der Waals surface area (Å²) in [6.45, 7) is 0. The van der Waals surface area contributed by atoms with Crippen molar-refractivity contribution in [2.75, 3.05) is 7.11 Å². The van der Waals surface area contributed by atoms with Gasteiger partial charge in [-0.05, 0) is 47.9 Å². The van der Waals surface area contributed by atoms with Crippen LogP contribution in [0, 0.1) is 5.82 Å². The van der Waals surface area contributed by atoms with Gasteiger partial charge in [-0.15, -0.1) is 0 Å². The van der Waals surface area contributed by atoms with Crippen molar-refractivity contribution in [1.29, 1.82) is 0 Å². The first-order valence-corrected chi connectivity index (χ1v) is 6.71. The Labute approximate surface area is 122 Å². The number of aliphatic hydroxyl groups excluding tert-OH is 1. The molecule has 0 heterocycles. The summed E-state index contributed by atoms with van der Waals surface area (Å²) in [5.74, 6) is 0.391. The first-order valence-electron chi connectivity index (χ1n) is 6.33. The van der Waals surface area contributed by atoms with Gasteiger partial charge in [0.15, 0.2) is 0 Å². The van der Waals surface area contributed by atoms with E-state index in [1.807, 2.05) is 0 Å². The summed E-state index contributed by atoms with van der Waals surface area (Å²) < 4.78 is 18.3. The van der Waals surface area contributed by atoms with Gasteiger partial charge in [-0.1, -0.05) is 23.7 Å². The van der Waals surface area contributed by atoms with Crippen LogP contribution >= 0.6 is 11.6 Å². The fourth-order valence-corrected chi connectivity index (χ4v) is 2.36. The van der Waals surface area contributed by atoms with Crippen molar-refractivity contribution in [3.05, 3.63) is 64.4 Å². The van der Waals surface area contributed by atoms with Gasteiger partial charge in [-0.3, -0.25) is 0 Å². The lowest BCUT2D eigenvalue weighted by atomic mass is 10.0. The summed E-state index contributed by atoms with van der Waals surface area (Å²) in [5, 5.41) is 10.7. The maximum absolute atomic E-state index is 13.1. The number of aliphatic hydroxyl groups is 1. The summed E-state index contributed by atoms with van der Waals surface area (Å²) in [5.41, 5.74) is 1.60. The van der Waals surface area contributed by atoms with Crippen LogP contribution in [0.15, 0.2) is 42.5 Å². The van der Waals surface area contributed by atoms with Gasteiger partial charge in [-0.2, -0.15) is 0 Å². The van der Waals surface area contributed by atoms with Crippen LogP contribution in [0.2, 0.25) is 5.02 Å². The molecule has 0 aliphatic heterocycles. The SMILES string of the molecule is COc1ccc(Cl)cc1CC(O)Cc1cccc(F)c1. The number of methoxy groups -OCH3 is 1. The van der Waals surface area contributed by atoms with Crippen LogP contribution in [0.5, 0.6) is 5.75 Å². The quantitative estimate of drug-likeness (QED) is 0.912. The normalized spacial score (nSPS) is 12.2. The lowest BCUT2D eigenvalue weighted by molar-refractivity contribution is 0.174. The summed E-state index contributed by atoms with van der Waals surface area (Å²) in [6, 6.07) is 11.5. The number of hydrogen-bond acceptors (Lipinski definition) is 2. The monoisotopic (exact) mass is 294 g/mol. The van der Waals surface area contributed by atoms with Crippen LogP contribution in [0.3, 0.4) is 0 Å². The standard InChI is InChI=1S/C16H16ClFO2/c1-20-16-6-5-13(17)9-12(16)10-15(19)8-11-3-2-4-14(18)7-11/h2-7,9,15,19H,8,10H2,1H3. The van der Waals surface area contributed by atoms with Gasteiger partial charge >= 0.3 is 0 Å². The van der Waals surface area contributed by atoms with Crippen LogP contribution in [-0.2, 0) is 12.8 Å². The molecule has 0 aliphatic rings. The third-order valence-electron chi connectivity index (χ3n) is 3.06. The molecule has 106 valence electrons. The average Bonchev–Trinajstić information content (AvgIpc) is 2.38. The highest BCUT2D eigenvalue weighted by atomic mass is 35.5. The summed E-state index contributed by atoms with van der Waals surface area (Å²) in [7, 11) is 1.58. The first-order chi connectivity index (χ1) is 9.58. The van der Waals surface area contributed by atoms with E-state index in [1.165, 1.54) is 12.1 Å². The zero-order valence-corrected chi connectivity index (χ0v) is 11.9. The van der Waals surface area contributed by atoms with Crippen LogP contribution in [0.1, 0.15) is 11.1 Å². The Bertz CT molecular complexity index is 586. The van der Waals surface area contributed by atoms with Crippen molar-refractivity contribution in [3.8, 4) is 5.75 Å². The molecule has 0 saturated heterocycles. The van der Waals surface area contributed by atoms with Crippen molar-refractivity contribution in [1.82, 2.24) is 0 Å². The Morgan fingerprint density at radius 3 is 2.70 bits per heavy atom. The molecule has 4 heteroatoms. The summed E-state index contributed by atoms with van der Waals surface area (Å²) in [4.78, 5) is 0. The maximum atomic E-state index is 13.1. The second-order valence-electron chi connectivity index (χ2n) is 4.65. The number of hydrogen-bond donors (Lipinski definition) is 1. The molecule has 2 aromatic carbocycles. The summed E-state index contributed by atoms with van der Waals surface area (Å²) >= 11 is 5.95. The molecular weight excluding hydrogens is 279 g/mol. The van der Waals surface area contributed by atoms with Gasteiger partial charge in [0.05, 0.1) is 13.2 Å². The topological polar surface area (TPSA) is 29.5 Å². The Kier molecular flexibility index (Phi) is 4.99. The number of benzene rings is 2. The second kappa shape index (κ2) is 6.73. The molecule has 2 rings (SSSR count). The van der Waals surface area contributed by atoms with Crippen molar-refractivity contribution < 1.29 is 14.2 Å². The first kappa shape index (κ1) is 14.8. The lowest BCUT2D eigenvalue weighted by Crippen LogP contribution is -2.14. The predicted molar refractivity (Wildman–Crippen MR) is 77.8 cm³/mol. The van der Waals surface area contributed by atoms with Crippen molar-refractivity contribution in [2.45, 2.75) is 18.9 Å². The van der Waals surface area contributed by atoms with Gasteiger partial charge in [0.2, 0.25) is 0 Å². The van der Waals surface area contributed by atoms with Gasteiger partial charge in [0, 0.05) is 11.4 Å². The van der Waals surface area contributed by atoms with E-state index >= 15 is 0 Å². The molecule has 0 bridgehead atoms. The molecule has 0 aromatic heterocycles. The molecule has 0 amide bonds. The van der Waals surface area contributed by atoms with Crippen molar-refractivity contribution >= 4 is 11.6 Å². The molecule has 0 saturated carbocycles. The van der Waals surface area contributed by atoms with Crippen LogP contribution in [0.4, 0.5) is 4.39 Å². The highest BCUT2D eigenvalue weighted by molar-refractivity contribution is 6.30. The molecule has 0 fully saturated rings. The molecule has 1 N–H and O–H groups in total. The van der Waals surface area contributed by atoms with E-state index < -0.39 is 6.10 Å². The largest absolute Gasteiger partial charge is 0.496 e. The van der Waals surface area contributed by atoms with Crippen molar-refractivity contribution in [3.63, 3.8) is 0 Å². The molecule has 0 radical (unpaired) electrons. The Hall–Kier alpha value is -1.58. The molecular formula is C16H16ClFO2. The average molecular weight is 295 g/mol. The smallest absolute Gasteiger partial charge is 0.123 e. The maximum Gasteiger partial charge on any atom is 0.123 e. The third kappa shape index (κ3) is 3.95. The molecule has 2 nitrogen and oxygen atoms in total. The fraction of sp³-hybridized carbons (Fsp3) is 0.250. The Morgan fingerprint density at radius 2 is 2.00 bits per heavy atom. The Balaban J connectivity index is 2.08. The minimum Gasteiger partial charge on any atom is -0.496 e. The molecule has 2 aromatic rings. The summed E-state index contributed by atoms with van der Waals surface area (Å²) in [6.07, 6.45) is 0.164. The predicted octanol–water partition coefficient (Wildman–Crippen LogP) is 3.63. The van der Waals surface area contributed by atoms with Crippen LogP contribution < -0.4 is 4.74 Å². The van der Waals surface area contributed by atoms with E-state index in [-0.39, 0.29) is 5.82 Å². The number of halogens is 2. The zero-order chi connectivity index (χ0) is 14.5. The molecule has 1 atom stereocenters. The lowest BCUT2D eigenvalue weighted by Gasteiger charge is -2.14. The minimum atomic E-state index is -0.621. The van der Waals surface area contributed by atoms with Gasteiger partial charge in [0.1, 0.15) is 11.6 Å². The van der Waals surface area contributed by atoms with E-state index in [0.29, 0.717) is 23.6 Å².